The third-order valence-corrected chi connectivity index (χ3v) is 4.31. The number of aromatic nitrogens is 5. The Morgan fingerprint density at radius 2 is 1.86 bits per heavy atom. The molecule has 7 nitrogen and oxygen atoms in total. The SMILES string of the molecule is CCn1ncc(NC(=O)Cn2ncc3cc(C=Cc4ccccc4)ccc32)n1. The smallest absolute Gasteiger partial charge is 0.247 e. The van der Waals surface area contributed by atoms with Gasteiger partial charge < -0.3 is 5.32 Å². The molecule has 0 bridgehead atoms. The first-order valence-electron chi connectivity index (χ1n) is 9.10. The molecule has 0 aliphatic rings. The monoisotopic (exact) mass is 372 g/mol. The number of carbonyl (C=O) groups is 1. The highest BCUT2D eigenvalue weighted by Gasteiger charge is 2.10. The molecule has 0 unspecified atom stereocenters. The molecule has 4 aromatic rings. The van der Waals surface area contributed by atoms with E-state index in [9.17, 15) is 4.79 Å². The van der Waals surface area contributed by atoms with Gasteiger partial charge >= 0.3 is 0 Å². The van der Waals surface area contributed by atoms with Gasteiger partial charge in [0.15, 0.2) is 5.82 Å². The summed E-state index contributed by atoms with van der Waals surface area (Å²) in [5, 5.41) is 16.3. The molecule has 4 rings (SSSR count). The number of aryl methyl sites for hydroxylation is 1. The number of rotatable bonds is 6. The van der Waals surface area contributed by atoms with Crippen LogP contribution in [0.15, 0.2) is 60.9 Å². The minimum atomic E-state index is -0.193. The van der Waals surface area contributed by atoms with Crippen molar-refractivity contribution in [2.24, 2.45) is 0 Å². The summed E-state index contributed by atoms with van der Waals surface area (Å²) in [4.78, 5) is 13.8. The Balaban J connectivity index is 1.46. The third-order valence-electron chi connectivity index (χ3n) is 4.31. The Kier molecular flexibility index (Phi) is 4.97. The number of amides is 1. The van der Waals surface area contributed by atoms with Crippen LogP contribution in [0.1, 0.15) is 18.1 Å². The van der Waals surface area contributed by atoms with Crippen LogP contribution >= 0.6 is 0 Å². The standard InChI is InChI=1S/C21H20N6O/c1-2-27-23-14-20(25-27)24-21(28)15-26-19-11-10-17(12-18(19)13-22-26)9-8-16-6-4-3-5-7-16/h3-14H,2,15H2,1H3,(H,24,25,28). The maximum absolute atomic E-state index is 12.3. The van der Waals surface area contributed by atoms with Crippen LogP contribution < -0.4 is 5.32 Å². The lowest BCUT2D eigenvalue weighted by Gasteiger charge is -2.04. The predicted molar refractivity (Wildman–Crippen MR) is 109 cm³/mol. The van der Waals surface area contributed by atoms with Crippen molar-refractivity contribution in [2.75, 3.05) is 5.32 Å². The minimum Gasteiger partial charge on any atom is -0.306 e. The van der Waals surface area contributed by atoms with Gasteiger partial charge in [-0.1, -0.05) is 48.6 Å². The highest BCUT2D eigenvalue weighted by molar-refractivity contribution is 5.91. The fourth-order valence-corrected chi connectivity index (χ4v) is 2.92. The molecule has 0 aliphatic heterocycles. The van der Waals surface area contributed by atoms with Gasteiger partial charge in [-0.2, -0.15) is 15.0 Å². The number of anilines is 1. The van der Waals surface area contributed by atoms with Crippen molar-refractivity contribution in [3.05, 3.63) is 72.1 Å². The van der Waals surface area contributed by atoms with Crippen molar-refractivity contribution < 1.29 is 4.79 Å². The number of carbonyl (C=O) groups excluding carboxylic acids is 1. The number of hydrogen-bond donors (Lipinski definition) is 1. The van der Waals surface area contributed by atoms with Crippen LogP contribution in [0.25, 0.3) is 23.1 Å². The first kappa shape index (κ1) is 17.7. The molecule has 0 atom stereocenters. The zero-order chi connectivity index (χ0) is 19.3. The average molecular weight is 372 g/mol. The number of nitrogens with zero attached hydrogens (tertiary/aromatic N) is 5. The van der Waals surface area contributed by atoms with E-state index in [1.807, 2.05) is 37.3 Å². The van der Waals surface area contributed by atoms with Gasteiger partial charge in [0.1, 0.15) is 6.54 Å². The summed E-state index contributed by atoms with van der Waals surface area (Å²) in [5.74, 6) is 0.248. The second kappa shape index (κ2) is 7.87. The van der Waals surface area contributed by atoms with Gasteiger partial charge in [0.25, 0.3) is 0 Å². The maximum Gasteiger partial charge on any atom is 0.247 e. The normalized spacial score (nSPS) is 11.3. The zero-order valence-electron chi connectivity index (χ0n) is 15.5. The quantitative estimate of drug-likeness (QED) is 0.526. The van der Waals surface area contributed by atoms with Crippen molar-refractivity contribution in [2.45, 2.75) is 20.0 Å². The maximum atomic E-state index is 12.3. The van der Waals surface area contributed by atoms with Crippen molar-refractivity contribution in [1.29, 1.82) is 0 Å². The lowest BCUT2D eigenvalue weighted by molar-refractivity contribution is -0.116. The fraction of sp³-hybridized carbons (Fsp3) is 0.143. The molecule has 1 N–H and O–H groups in total. The Hall–Kier alpha value is -3.74. The molecule has 2 heterocycles. The molecule has 0 fully saturated rings. The van der Waals surface area contributed by atoms with Crippen molar-refractivity contribution in [3.63, 3.8) is 0 Å². The lowest BCUT2D eigenvalue weighted by atomic mass is 10.1. The third kappa shape index (κ3) is 3.98. The van der Waals surface area contributed by atoms with Crippen LogP contribution in [-0.4, -0.2) is 30.7 Å². The fourth-order valence-electron chi connectivity index (χ4n) is 2.92. The molecule has 7 heteroatoms. The summed E-state index contributed by atoms with van der Waals surface area (Å²) in [6, 6.07) is 16.2. The first-order valence-corrected chi connectivity index (χ1v) is 9.10. The van der Waals surface area contributed by atoms with E-state index < -0.39 is 0 Å². The van der Waals surface area contributed by atoms with Crippen LogP contribution in [0.3, 0.4) is 0 Å². The molecule has 2 aromatic heterocycles. The molecule has 0 saturated heterocycles. The van der Waals surface area contributed by atoms with Gasteiger partial charge in [0.05, 0.1) is 24.5 Å². The van der Waals surface area contributed by atoms with Crippen LogP contribution in [0, 0.1) is 0 Å². The second-order valence-electron chi connectivity index (χ2n) is 6.33. The lowest BCUT2D eigenvalue weighted by Crippen LogP contribution is -2.19. The van der Waals surface area contributed by atoms with Crippen molar-refractivity contribution >= 4 is 34.8 Å². The number of benzene rings is 2. The average Bonchev–Trinajstić information content (AvgIpc) is 3.34. The largest absolute Gasteiger partial charge is 0.306 e. The number of nitrogens with one attached hydrogen (secondary N) is 1. The molecule has 0 saturated carbocycles. The zero-order valence-corrected chi connectivity index (χ0v) is 15.5. The van der Waals surface area contributed by atoms with Gasteiger partial charge in [-0.05, 0) is 30.2 Å². The van der Waals surface area contributed by atoms with Crippen LogP contribution in [-0.2, 0) is 17.9 Å². The van der Waals surface area contributed by atoms with Gasteiger partial charge in [-0.15, -0.1) is 5.10 Å². The van der Waals surface area contributed by atoms with Crippen LogP contribution in [0.4, 0.5) is 5.82 Å². The molecular weight excluding hydrogens is 352 g/mol. The summed E-state index contributed by atoms with van der Waals surface area (Å²) in [5.41, 5.74) is 3.13. The van der Waals surface area contributed by atoms with E-state index in [0.717, 1.165) is 22.0 Å². The summed E-state index contributed by atoms with van der Waals surface area (Å²) in [6.45, 7) is 2.70. The Morgan fingerprint density at radius 3 is 2.64 bits per heavy atom. The van der Waals surface area contributed by atoms with Crippen molar-refractivity contribution in [3.8, 4) is 0 Å². The Morgan fingerprint density at radius 1 is 1.04 bits per heavy atom. The van der Waals surface area contributed by atoms with Crippen LogP contribution in [0.5, 0.6) is 0 Å². The van der Waals surface area contributed by atoms with E-state index in [1.165, 1.54) is 11.0 Å². The van der Waals surface area contributed by atoms with Gasteiger partial charge in [0, 0.05) is 5.39 Å². The van der Waals surface area contributed by atoms with Gasteiger partial charge in [-0.3, -0.25) is 9.48 Å². The highest BCUT2D eigenvalue weighted by Crippen LogP contribution is 2.18. The van der Waals surface area contributed by atoms with Gasteiger partial charge in [0.2, 0.25) is 5.91 Å². The van der Waals surface area contributed by atoms with E-state index >= 15 is 0 Å². The topological polar surface area (TPSA) is 77.6 Å². The Labute approximate surface area is 162 Å². The highest BCUT2D eigenvalue weighted by atomic mass is 16.2. The first-order chi connectivity index (χ1) is 13.7. The molecular formula is C21H20N6O. The van der Waals surface area contributed by atoms with Crippen LogP contribution in [0.2, 0.25) is 0 Å². The Bertz CT molecular complexity index is 1130. The van der Waals surface area contributed by atoms with E-state index in [4.69, 9.17) is 0 Å². The second-order valence-corrected chi connectivity index (χ2v) is 6.33. The molecule has 28 heavy (non-hydrogen) atoms. The van der Waals surface area contributed by atoms with E-state index in [-0.39, 0.29) is 12.5 Å². The molecule has 1 amide bonds. The summed E-state index contributed by atoms with van der Waals surface area (Å²) < 4.78 is 1.68. The molecule has 0 radical (unpaired) electrons. The minimum absolute atomic E-state index is 0.113. The number of fused-ring (bicyclic) bond motifs is 1. The van der Waals surface area contributed by atoms with E-state index in [2.05, 4.69) is 51.0 Å². The molecule has 140 valence electrons. The predicted octanol–water partition coefficient (Wildman–Crippen LogP) is 3.46. The summed E-state index contributed by atoms with van der Waals surface area (Å²) in [6.07, 6.45) is 7.45. The molecule has 0 spiro atoms. The van der Waals surface area contributed by atoms with E-state index in [0.29, 0.717) is 12.4 Å². The van der Waals surface area contributed by atoms with Crippen molar-refractivity contribution in [1.82, 2.24) is 24.8 Å². The molecule has 2 aromatic carbocycles. The number of hydrogen-bond acceptors (Lipinski definition) is 4. The van der Waals surface area contributed by atoms with Gasteiger partial charge in [-0.25, -0.2) is 0 Å². The summed E-state index contributed by atoms with van der Waals surface area (Å²) in [7, 11) is 0. The summed E-state index contributed by atoms with van der Waals surface area (Å²) >= 11 is 0. The molecule has 0 aliphatic carbocycles. The van der Waals surface area contributed by atoms with E-state index in [1.54, 1.807) is 10.9 Å².